The summed E-state index contributed by atoms with van der Waals surface area (Å²) in [6.07, 6.45) is 0.734. The molecule has 0 unspecified atom stereocenters. The van der Waals surface area contributed by atoms with E-state index >= 15 is 0 Å². The summed E-state index contributed by atoms with van der Waals surface area (Å²) in [6.45, 7) is 4.29. The summed E-state index contributed by atoms with van der Waals surface area (Å²) in [5, 5.41) is 10.7. The largest absolute Gasteiger partial charge is 0.462 e. The number of rotatable bonds is 5. The highest BCUT2D eigenvalue weighted by molar-refractivity contribution is 6.33. The number of non-ortho nitro benzene ring substituents is 1. The first-order valence-corrected chi connectivity index (χ1v) is 5.90. The van der Waals surface area contributed by atoms with Gasteiger partial charge in [-0.3, -0.25) is 10.1 Å². The van der Waals surface area contributed by atoms with E-state index < -0.39 is 10.9 Å². The topological polar surface area (TPSA) is 69.4 Å². The van der Waals surface area contributed by atoms with Crippen LogP contribution in [0.4, 0.5) is 5.69 Å². The maximum Gasteiger partial charge on any atom is 0.339 e. The van der Waals surface area contributed by atoms with Crippen LogP contribution in [0.3, 0.4) is 0 Å². The van der Waals surface area contributed by atoms with Crippen LogP contribution in [-0.2, 0) is 4.74 Å². The van der Waals surface area contributed by atoms with E-state index in [4.69, 9.17) is 16.3 Å². The summed E-state index contributed by atoms with van der Waals surface area (Å²) in [7, 11) is 0. The van der Waals surface area contributed by atoms with Gasteiger partial charge in [-0.15, -0.1) is 0 Å². The summed E-state index contributed by atoms with van der Waals surface area (Å²) in [5.74, 6) is -0.220. The van der Waals surface area contributed by atoms with Gasteiger partial charge in [-0.05, 0) is 18.4 Å². The van der Waals surface area contributed by atoms with Crippen molar-refractivity contribution in [3.8, 4) is 0 Å². The zero-order valence-corrected chi connectivity index (χ0v) is 10.9. The monoisotopic (exact) mass is 271 g/mol. The summed E-state index contributed by atoms with van der Waals surface area (Å²) in [5.41, 5.74) is -0.162. The molecule has 0 atom stereocenters. The van der Waals surface area contributed by atoms with Gasteiger partial charge < -0.3 is 4.74 Å². The second kappa shape index (κ2) is 6.35. The van der Waals surface area contributed by atoms with Crippen molar-refractivity contribution in [2.24, 2.45) is 5.92 Å². The quantitative estimate of drug-likeness (QED) is 0.467. The van der Waals surface area contributed by atoms with Crippen molar-refractivity contribution in [3.05, 3.63) is 38.9 Å². The molecule has 0 heterocycles. The first kappa shape index (κ1) is 14.4. The fourth-order valence-corrected chi connectivity index (χ4v) is 1.44. The number of nitrogens with zero attached hydrogens (tertiary/aromatic N) is 1. The minimum Gasteiger partial charge on any atom is -0.462 e. The number of nitro groups is 1. The first-order valence-electron chi connectivity index (χ1n) is 5.53. The third-order valence-electron chi connectivity index (χ3n) is 2.31. The number of hydrogen-bond acceptors (Lipinski definition) is 4. The van der Waals surface area contributed by atoms with Crippen LogP contribution < -0.4 is 0 Å². The Hall–Kier alpha value is -1.62. The van der Waals surface area contributed by atoms with Gasteiger partial charge in [-0.25, -0.2) is 4.79 Å². The number of benzene rings is 1. The van der Waals surface area contributed by atoms with Gasteiger partial charge >= 0.3 is 5.97 Å². The van der Waals surface area contributed by atoms with Gasteiger partial charge in [0.25, 0.3) is 5.69 Å². The third-order valence-corrected chi connectivity index (χ3v) is 2.64. The fraction of sp³-hybridized carbons (Fsp3) is 0.417. The number of esters is 1. The zero-order chi connectivity index (χ0) is 13.7. The van der Waals surface area contributed by atoms with E-state index in [0.29, 0.717) is 5.92 Å². The van der Waals surface area contributed by atoms with E-state index in [1.54, 1.807) is 0 Å². The highest BCUT2D eigenvalue weighted by Gasteiger charge is 2.16. The second-order valence-corrected chi connectivity index (χ2v) is 4.65. The Labute approximate surface area is 110 Å². The predicted molar refractivity (Wildman–Crippen MR) is 67.8 cm³/mol. The maximum atomic E-state index is 11.7. The molecule has 1 rings (SSSR count). The lowest BCUT2D eigenvalue weighted by atomic mass is 10.1. The first-order chi connectivity index (χ1) is 8.41. The normalized spacial score (nSPS) is 10.4. The fourth-order valence-electron chi connectivity index (χ4n) is 1.25. The Kier molecular flexibility index (Phi) is 5.09. The van der Waals surface area contributed by atoms with Gasteiger partial charge in [0.05, 0.1) is 22.1 Å². The molecule has 0 aliphatic rings. The lowest BCUT2D eigenvalue weighted by Gasteiger charge is -2.07. The Morgan fingerprint density at radius 1 is 1.50 bits per heavy atom. The number of nitro benzene ring substituents is 1. The molecule has 0 saturated heterocycles. The molecule has 0 fully saturated rings. The van der Waals surface area contributed by atoms with Gasteiger partial charge in [0.1, 0.15) is 0 Å². The Balaban J connectivity index is 2.78. The van der Waals surface area contributed by atoms with Crippen LogP contribution in [0.15, 0.2) is 18.2 Å². The van der Waals surface area contributed by atoms with E-state index in [2.05, 4.69) is 0 Å². The molecule has 1 aromatic carbocycles. The average molecular weight is 272 g/mol. The number of ether oxygens (including phenoxy) is 1. The molecule has 5 nitrogen and oxygen atoms in total. The van der Waals surface area contributed by atoms with Crippen LogP contribution in [0.25, 0.3) is 0 Å². The van der Waals surface area contributed by atoms with Crippen molar-refractivity contribution in [1.29, 1.82) is 0 Å². The van der Waals surface area contributed by atoms with Crippen LogP contribution in [0, 0.1) is 16.0 Å². The minimum absolute atomic E-state index is 0.0228. The molecule has 0 saturated carbocycles. The van der Waals surface area contributed by atoms with Gasteiger partial charge in [0.15, 0.2) is 0 Å². The van der Waals surface area contributed by atoms with Crippen molar-refractivity contribution in [3.63, 3.8) is 0 Å². The summed E-state index contributed by atoms with van der Waals surface area (Å²) in [4.78, 5) is 21.7. The van der Waals surface area contributed by atoms with Gasteiger partial charge in [0.2, 0.25) is 0 Å². The minimum atomic E-state index is -0.635. The third kappa shape index (κ3) is 4.00. The van der Waals surface area contributed by atoms with Crippen molar-refractivity contribution in [1.82, 2.24) is 0 Å². The highest BCUT2D eigenvalue weighted by Crippen LogP contribution is 2.22. The predicted octanol–water partition coefficient (Wildman–Crippen LogP) is 3.45. The van der Waals surface area contributed by atoms with Gasteiger partial charge in [-0.2, -0.15) is 0 Å². The molecule has 98 valence electrons. The number of halogens is 1. The molecule has 1 aromatic rings. The van der Waals surface area contributed by atoms with Crippen molar-refractivity contribution in [2.75, 3.05) is 6.61 Å². The molecule has 0 aliphatic heterocycles. The van der Waals surface area contributed by atoms with Crippen LogP contribution >= 0.6 is 11.6 Å². The number of carbonyl (C=O) groups is 1. The standard InChI is InChI=1S/C12H14ClNO4/c1-8(2)5-6-18-12(15)10-7-9(14(16)17)3-4-11(10)13/h3-4,7-8H,5-6H2,1-2H3. The van der Waals surface area contributed by atoms with E-state index in [1.807, 2.05) is 13.8 Å². The molecule has 0 spiro atoms. The van der Waals surface area contributed by atoms with Gasteiger partial charge in [-0.1, -0.05) is 25.4 Å². The maximum absolute atomic E-state index is 11.7. The van der Waals surface area contributed by atoms with E-state index in [9.17, 15) is 14.9 Å². The Morgan fingerprint density at radius 3 is 2.72 bits per heavy atom. The lowest BCUT2D eigenvalue weighted by molar-refractivity contribution is -0.384. The molecule has 0 aliphatic carbocycles. The van der Waals surface area contributed by atoms with Crippen LogP contribution in [0.2, 0.25) is 5.02 Å². The Bertz CT molecular complexity index is 459. The molecular formula is C12H14ClNO4. The van der Waals surface area contributed by atoms with E-state index in [0.717, 1.165) is 12.5 Å². The molecule has 0 N–H and O–H groups in total. The SMILES string of the molecule is CC(C)CCOC(=O)c1cc([N+](=O)[O-])ccc1Cl. The molecule has 18 heavy (non-hydrogen) atoms. The molecular weight excluding hydrogens is 258 g/mol. The average Bonchev–Trinajstić information content (AvgIpc) is 2.28. The Morgan fingerprint density at radius 2 is 2.17 bits per heavy atom. The number of carbonyl (C=O) groups excluding carboxylic acids is 1. The molecule has 6 heteroatoms. The van der Waals surface area contributed by atoms with Gasteiger partial charge in [0, 0.05) is 12.1 Å². The molecule has 0 bridgehead atoms. The lowest BCUT2D eigenvalue weighted by Crippen LogP contribution is -2.09. The van der Waals surface area contributed by atoms with Crippen molar-refractivity contribution in [2.45, 2.75) is 20.3 Å². The van der Waals surface area contributed by atoms with Crippen molar-refractivity contribution < 1.29 is 14.5 Å². The molecule has 0 aromatic heterocycles. The summed E-state index contributed by atoms with van der Waals surface area (Å²) < 4.78 is 5.01. The zero-order valence-electron chi connectivity index (χ0n) is 10.2. The molecule has 0 radical (unpaired) electrons. The van der Waals surface area contributed by atoms with E-state index in [-0.39, 0.29) is 22.9 Å². The smallest absolute Gasteiger partial charge is 0.339 e. The summed E-state index contributed by atoms with van der Waals surface area (Å²) >= 11 is 5.81. The van der Waals surface area contributed by atoms with Crippen LogP contribution in [0.5, 0.6) is 0 Å². The van der Waals surface area contributed by atoms with Crippen molar-refractivity contribution >= 4 is 23.3 Å². The highest BCUT2D eigenvalue weighted by atomic mass is 35.5. The van der Waals surface area contributed by atoms with E-state index in [1.165, 1.54) is 12.1 Å². The summed E-state index contributed by atoms with van der Waals surface area (Å²) in [6, 6.07) is 3.69. The van der Waals surface area contributed by atoms with Crippen LogP contribution in [0.1, 0.15) is 30.6 Å². The number of hydrogen-bond donors (Lipinski definition) is 0. The second-order valence-electron chi connectivity index (χ2n) is 4.24. The molecule has 0 amide bonds. The van der Waals surface area contributed by atoms with Crippen LogP contribution in [-0.4, -0.2) is 17.5 Å².